The van der Waals surface area contributed by atoms with Crippen LogP contribution in [0.1, 0.15) is 25.3 Å². The molecule has 2 heterocycles. The molecule has 2 aliphatic rings. The lowest BCUT2D eigenvalue weighted by atomic mass is 10.1. The molecule has 0 amide bonds. The van der Waals surface area contributed by atoms with E-state index in [0.717, 1.165) is 18.8 Å². The van der Waals surface area contributed by atoms with E-state index in [1.165, 1.54) is 29.0 Å². The van der Waals surface area contributed by atoms with Crippen molar-refractivity contribution in [2.75, 3.05) is 23.7 Å². The van der Waals surface area contributed by atoms with E-state index in [0.29, 0.717) is 18.8 Å². The third-order valence-corrected chi connectivity index (χ3v) is 4.98. The zero-order chi connectivity index (χ0) is 13.2. The van der Waals surface area contributed by atoms with Crippen molar-refractivity contribution >= 4 is 17.4 Å². The number of rotatable bonds is 4. The van der Waals surface area contributed by atoms with E-state index in [2.05, 4.69) is 30.0 Å². The first-order valence-electron chi connectivity index (χ1n) is 7.17. The highest BCUT2D eigenvalue weighted by molar-refractivity contribution is 7.99. The average Bonchev–Trinajstić information content (AvgIpc) is 2.77. The van der Waals surface area contributed by atoms with Gasteiger partial charge in [0.05, 0.1) is 12.2 Å². The lowest BCUT2D eigenvalue weighted by molar-refractivity contribution is 0.0304. The molecule has 1 aromatic rings. The number of hydrogen-bond acceptors (Lipinski definition) is 4. The smallest absolute Gasteiger partial charge is 0.0755 e. The van der Waals surface area contributed by atoms with Gasteiger partial charge in [0.2, 0.25) is 0 Å². The molecule has 2 unspecified atom stereocenters. The summed E-state index contributed by atoms with van der Waals surface area (Å²) in [6.45, 7) is 4.84. The maximum Gasteiger partial charge on any atom is 0.0755 e. The molecular weight excluding hydrogens is 256 g/mol. The fraction of sp³-hybridized carbons (Fsp3) is 0.600. The van der Waals surface area contributed by atoms with Crippen LogP contribution in [0.3, 0.4) is 0 Å². The number of hydrogen-bond donors (Lipinski definition) is 1. The maximum absolute atomic E-state index is 6.00. The molecule has 2 N–H and O–H groups in total. The van der Waals surface area contributed by atoms with Crippen molar-refractivity contribution in [3.8, 4) is 0 Å². The highest BCUT2D eigenvalue weighted by atomic mass is 32.2. The molecule has 104 valence electrons. The van der Waals surface area contributed by atoms with Crippen LogP contribution < -0.4 is 10.6 Å². The minimum atomic E-state index is 0.423. The molecule has 0 radical (unpaired) electrons. The van der Waals surface area contributed by atoms with Gasteiger partial charge in [-0.3, -0.25) is 0 Å². The Morgan fingerprint density at radius 2 is 2.05 bits per heavy atom. The van der Waals surface area contributed by atoms with Crippen molar-refractivity contribution in [1.82, 2.24) is 0 Å². The second kappa shape index (κ2) is 5.73. The summed E-state index contributed by atoms with van der Waals surface area (Å²) in [6, 6.07) is 6.56. The van der Waals surface area contributed by atoms with E-state index in [9.17, 15) is 0 Å². The van der Waals surface area contributed by atoms with Crippen molar-refractivity contribution in [2.24, 2.45) is 5.73 Å². The van der Waals surface area contributed by atoms with E-state index in [1.54, 1.807) is 0 Å². The molecule has 2 bridgehead atoms. The molecule has 1 aromatic carbocycles. The third kappa shape index (κ3) is 2.62. The molecule has 3 nitrogen and oxygen atoms in total. The Morgan fingerprint density at radius 1 is 1.32 bits per heavy atom. The summed E-state index contributed by atoms with van der Waals surface area (Å²) >= 11 is 1.88. The Bertz CT molecular complexity index is 440. The van der Waals surface area contributed by atoms with Gasteiger partial charge in [-0.2, -0.15) is 0 Å². The number of nitrogens with zero attached hydrogens (tertiary/aromatic N) is 1. The first-order valence-corrected chi connectivity index (χ1v) is 8.15. The monoisotopic (exact) mass is 278 g/mol. The minimum absolute atomic E-state index is 0.423. The van der Waals surface area contributed by atoms with E-state index >= 15 is 0 Å². The van der Waals surface area contributed by atoms with E-state index < -0.39 is 0 Å². The van der Waals surface area contributed by atoms with E-state index in [1.807, 2.05) is 11.8 Å². The van der Waals surface area contributed by atoms with Gasteiger partial charge >= 0.3 is 0 Å². The molecule has 2 atom stereocenters. The van der Waals surface area contributed by atoms with Crippen molar-refractivity contribution in [3.63, 3.8) is 0 Å². The summed E-state index contributed by atoms with van der Waals surface area (Å²) in [5.74, 6) is 1.09. The summed E-state index contributed by atoms with van der Waals surface area (Å²) in [5.41, 5.74) is 8.62. The number of nitrogens with two attached hydrogens (primary N) is 1. The highest BCUT2D eigenvalue weighted by Crippen LogP contribution is 2.35. The van der Waals surface area contributed by atoms with Crippen LogP contribution in [0.15, 0.2) is 23.1 Å². The van der Waals surface area contributed by atoms with Crippen LogP contribution in [0.4, 0.5) is 5.69 Å². The molecule has 3 rings (SSSR count). The van der Waals surface area contributed by atoms with E-state index in [4.69, 9.17) is 10.5 Å². The predicted octanol–water partition coefficient (Wildman–Crippen LogP) is 2.62. The van der Waals surface area contributed by atoms with Crippen LogP contribution in [0.5, 0.6) is 0 Å². The number of morpholine rings is 1. The Balaban J connectivity index is 1.89. The van der Waals surface area contributed by atoms with Gasteiger partial charge in [0, 0.05) is 35.8 Å². The van der Waals surface area contributed by atoms with E-state index in [-0.39, 0.29) is 0 Å². The van der Waals surface area contributed by atoms with Crippen LogP contribution in [0, 0.1) is 0 Å². The van der Waals surface area contributed by atoms with Gasteiger partial charge in [-0.05, 0) is 30.7 Å². The molecule has 0 aromatic heterocycles. The standard InChI is InChI=1S/C15H22N2OS/c1-2-19-15-5-3-4-14(13(15)8-16)17-9-11-6-7-12(10-17)18-11/h3-5,11-12H,2,6-10,16H2,1H3. The van der Waals surface area contributed by atoms with Gasteiger partial charge in [-0.15, -0.1) is 11.8 Å². The second-order valence-electron chi connectivity index (χ2n) is 5.25. The van der Waals surface area contributed by atoms with Crippen LogP contribution in [0.25, 0.3) is 0 Å². The van der Waals surface area contributed by atoms with Crippen LogP contribution in [0.2, 0.25) is 0 Å². The largest absolute Gasteiger partial charge is 0.371 e. The zero-order valence-electron chi connectivity index (χ0n) is 11.5. The number of anilines is 1. The quantitative estimate of drug-likeness (QED) is 0.859. The summed E-state index contributed by atoms with van der Waals surface area (Å²) in [4.78, 5) is 3.81. The number of thioether (sulfide) groups is 1. The van der Waals surface area contributed by atoms with Crippen molar-refractivity contribution < 1.29 is 4.74 Å². The number of ether oxygens (including phenoxy) is 1. The van der Waals surface area contributed by atoms with Gasteiger partial charge in [0.25, 0.3) is 0 Å². The average molecular weight is 278 g/mol. The number of fused-ring (bicyclic) bond motifs is 2. The first-order chi connectivity index (χ1) is 9.31. The molecule has 2 aliphatic heterocycles. The lowest BCUT2D eigenvalue weighted by Gasteiger charge is -2.35. The summed E-state index contributed by atoms with van der Waals surface area (Å²) in [7, 11) is 0. The van der Waals surface area contributed by atoms with Crippen molar-refractivity contribution in [3.05, 3.63) is 23.8 Å². The molecule has 19 heavy (non-hydrogen) atoms. The van der Waals surface area contributed by atoms with Crippen LogP contribution in [-0.4, -0.2) is 31.1 Å². The fourth-order valence-electron chi connectivity index (χ4n) is 3.16. The van der Waals surface area contributed by atoms with Gasteiger partial charge in [-0.1, -0.05) is 13.0 Å². The molecule has 0 aliphatic carbocycles. The third-order valence-electron chi connectivity index (χ3n) is 4.00. The zero-order valence-corrected chi connectivity index (χ0v) is 12.3. The fourth-order valence-corrected chi connectivity index (χ4v) is 4.01. The first kappa shape index (κ1) is 13.3. The lowest BCUT2D eigenvalue weighted by Crippen LogP contribution is -2.43. The number of benzene rings is 1. The molecule has 2 saturated heterocycles. The van der Waals surface area contributed by atoms with Crippen LogP contribution in [-0.2, 0) is 11.3 Å². The van der Waals surface area contributed by atoms with Gasteiger partial charge in [0.1, 0.15) is 0 Å². The molecule has 0 spiro atoms. The Labute approximate surface area is 119 Å². The Hall–Kier alpha value is -0.710. The Kier molecular flexibility index (Phi) is 4.01. The van der Waals surface area contributed by atoms with Crippen molar-refractivity contribution in [1.29, 1.82) is 0 Å². The molecule has 2 fully saturated rings. The van der Waals surface area contributed by atoms with Gasteiger partial charge < -0.3 is 15.4 Å². The molecular formula is C15H22N2OS. The predicted molar refractivity (Wildman–Crippen MR) is 80.8 cm³/mol. The Morgan fingerprint density at radius 3 is 2.68 bits per heavy atom. The van der Waals surface area contributed by atoms with Crippen molar-refractivity contribution in [2.45, 2.75) is 43.4 Å². The van der Waals surface area contributed by atoms with Gasteiger partial charge in [-0.25, -0.2) is 0 Å². The highest BCUT2D eigenvalue weighted by Gasteiger charge is 2.34. The van der Waals surface area contributed by atoms with Gasteiger partial charge in [0.15, 0.2) is 0 Å². The normalized spacial score (nSPS) is 25.9. The SMILES string of the molecule is CCSc1cccc(N2CC3CCC(C2)O3)c1CN. The maximum atomic E-state index is 6.00. The second-order valence-corrected chi connectivity index (χ2v) is 6.56. The minimum Gasteiger partial charge on any atom is -0.371 e. The summed E-state index contributed by atoms with van der Waals surface area (Å²) in [6.07, 6.45) is 3.27. The van der Waals surface area contributed by atoms with Crippen LogP contribution >= 0.6 is 11.8 Å². The molecule has 4 heteroatoms. The summed E-state index contributed by atoms with van der Waals surface area (Å²) < 4.78 is 5.92. The topological polar surface area (TPSA) is 38.5 Å². The molecule has 0 saturated carbocycles. The summed E-state index contributed by atoms with van der Waals surface area (Å²) in [5, 5.41) is 0.